The number of fused-ring (bicyclic) bond motifs is 1. The molecule has 0 saturated heterocycles. The summed E-state index contributed by atoms with van der Waals surface area (Å²) < 4.78 is 0. The fourth-order valence-electron chi connectivity index (χ4n) is 2.61. The van der Waals surface area contributed by atoms with Crippen LogP contribution < -0.4 is 0 Å². The molecule has 2 aromatic rings. The number of rotatable bonds is 7. The maximum absolute atomic E-state index is 6.60. The SMILES string of the molecule is CCCCCCCC(Cl)c1cccc2ccccc12. The third kappa shape index (κ3) is 3.98. The van der Waals surface area contributed by atoms with Crippen LogP contribution in [0.25, 0.3) is 10.8 Å². The molecule has 0 aliphatic carbocycles. The number of alkyl halides is 1. The van der Waals surface area contributed by atoms with Crippen LogP contribution in [0.5, 0.6) is 0 Å². The van der Waals surface area contributed by atoms with E-state index in [4.69, 9.17) is 11.6 Å². The molecule has 0 radical (unpaired) electrons. The molecule has 0 bridgehead atoms. The smallest absolute Gasteiger partial charge is 0.0591 e. The summed E-state index contributed by atoms with van der Waals surface area (Å²) in [6.07, 6.45) is 7.61. The van der Waals surface area contributed by atoms with E-state index in [2.05, 4.69) is 49.4 Å². The normalized spacial score (nSPS) is 12.7. The highest BCUT2D eigenvalue weighted by molar-refractivity contribution is 6.21. The zero-order valence-electron chi connectivity index (χ0n) is 11.7. The van der Waals surface area contributed by atoms with Crippen molar-refractivity contribution >= 4 is 22.4 Å². The molecule has 0 spiro atoms. The Morgan fingerprint density at radius 1 is 0.895 bits per heavy atom. The molecular formula is C18H23Cl. The average molecular weight is 275 g/mol. The zero-order chi connectivity index (χ0) is 13.5. The van der Waals surface area contributed by atoms with Gasteiger partial charge in [0, 0.05) is 0 Å². The van der Waals surface area contributed by atoms with Crippen LogP contribution in [0.15, 0.2) is 42.5 Å². The first kappa shape index (κ1) is 14.4. The molecule has 1 atom stereocenters. The van der Waals surface area contributed by atoms with Gasteiger partial charge in [-0.3, -0.25) is 0 Å². The summed E-state index contributed by atoms with van der Waals surface area (Å²) in [4.78, 5) is 0. The minimum absolute atomic E-state index is 0.146. The van der Waals surface area contributed by atoms with Crippen LogP contribution in [0.1, 0.15) is 56.4 Å². The summed E-state index contributed by atoms with van der Waals surface area (Å²) in [7, 11) is 0. The fourth-order valence-corrected chi connectivity index (χ4v) is 2.95. The van der Waals surface area contributed by atoms with Crippen LogP contribution in [0.2, 0.25) is 0 Å². The summed E-state index contributed by atoms with van der Waals surface area (Å²) in [5.74, 6) is 0. The van der Waals surface area contributed by atoms with Crippen molar-refractivity contribution in [2.24, 2.45) is 0 Å². The monoisotopic (exact) mass is 274 g/mol. The lowest BCUT2D eigenvalue weighted by Gasteiger charge is -2.12. The van der Waals surface area contributed by atoms with Crippen molar-refractivity contribution in [3.8, 4) is 0 Å². The molecule has 1 unspecified atom stereocenters. The topological polar surface area (TPSA) is 0 Å². The standard InChI is InChI=1S/C18H23Cl/c1-2-3-4-5-6-14-18(19)17-13-9-11-15-10-7-8-12-16(15)17/h7-13,18H,2-6,14H2,1H3. The molecule has 1 heteroatoms. The molecule has 0 aliphatic rings. The summed E-state index contributed by atoms with van der Waals surface area (Å²) in [6, 6.07) is 15.0. The van der Waals surface area contributed by atoms with Crippen LogP contribution in [0.4, 0.5) is 0 Å². The van der Waals surface area contributed by atoms with Gasteiger partial charge >= 0.3 is 0 Å². The molecule has 0 saturated carbocycles. The predicted molar refractivity (Wildman–Crippen MR) is 85.9 cm³/mol. The molecular weight excluding hydrogens is 252 g/mol. The van der Waals surface area contributed by atoms with Crippen molar-refractivity contribution in [3.05, 3.63) is 48.0 Å². The van der Waals surface area contributed by atoms with Crippen molar-refractivity contribution < 1.29 is 0 Å². The summed E-state index contributed by atoms with van der Waals surface area (Å²) >= 11 is 6.60. The second kappa shape index (κ2) is 7.55. The molecule has 0 amide bonds. The molecule has 2 rings (SSSR count). The first-order valence-electron chi connectivity index (χ1n) is 7.44. The number of hydrogen-bond acceptors (Lipinski definition) is 0. The van der Waals surface area contributed by atoms with Crippen LogP contribution in [0, 0.1) is 0 Å². The first-order valence-corrected chi connectivity index (χ1v) is 7.88. The van der Waals surface area contributed by atoms with Crippen LogP contribution >= 0.6 is 11.6 Å². The van der Waals surface area contributed by atoms with E-state index in [1.807, 2.05) is 0 Å². The lowest BCUT2D eigenvalue weighted by Crippen LogP contribution is -1.92. The van der Waals surface area contributed by atoms with Gasteiger partial charge in [-0.25, -0.2) is 0 Å². The van der Waals surface area contributed by atoms with Gasteiger partial charge in [-0.2, -0.15) is 0 Å². The van der Waals surface area contributed by atoms with Crippen molar-refractivity contribution in [3.63, 3.8) is 0 Å². The minimum Gasteiger partial charge on any atom is -0.118 e. The Bertz CT molecular complexity index is 499. The molecule has 19 heavy (non-hydrogen) atoms. The van der Waals surface area contributed by atoms with Crippen LogP contribution in [-0.2, 0) is 0 Å². The van der Waals surface area contributed by atoms with Gasteiger partial charge < -0.3 is 0 Å². The van der Waals surface area contributed by atoms with E-state index < -0.39 is 0 Å². The maximum atomic E-state index is 6.60. The number of halogens is 1. The molecule has 102 valence electrons. The van der Waals surface area contributed by atoms with E-state index in [1.54, 1.807) is 0 Å². The van der Waals surface area contributed by atoms with Gasteiger partial charge in [0.25, 0.3) is 0 Å². The Morgan fingerprint density at radius 3 is 2.47 bits per heavy atom. The summed E-state index contributed by atoms with van der Waals surface area (Å²) in [5, 5.41) is 2.74. The highest BCUT2D eigenvalue weighted by Gasteiger charge is 2.10. The van der Waals surface area contributed by atoms with E-state index in [-0.39, 0.29) is 5.38 Å². The van der Waals surface area contributed by atoms with Crippen molar-refractivity contribution in [2.45, 2.75) is 50.8 Å². The third-order valence-corrected chi connectivity index (χ3v) is 4.18. The summed E-state index contributed by atoms with van der Waals surface area (Å²) in [5.41, 5.74) is 1.29. The maximum Gasteiger partial charge on any atom is 0.0591 e. The van der Waals surface area contributed by atoms with E-state index >= 15 is 0 Å². The Balaban J connectivity index is 1.99. The highest BCUT2D eigenvalue weighted by Crippen LogP contribution is 2.32. The number of hydrogen-bond donors (Lipinski definition) is 0. The molecule has 0 aliphatic heterocycles. The first-order chi connectivity index (χ1) is 9.33. The zero-order valence-corrected chi connectivity index (χ0v) is 12.5. The van der Waals surface area contributed by atoms with E-state index in [0.717, 1.165) is 6.42 Å². The van der Waals surface area contributed by atoms with Gasteiger partial charge in [0.1, 0.15) is 0 Å². The van der Waals surface area contributed by atoms with Gasteiger partial charge in [-0.1, -0.05) is 81.5 Å². The van der Waals surface area contributed by atoms with Gasteiger partial charge in [-0.05, 0) is 22.8 Å². The quantitative estimate of drug-likeness (QED) is 0.400. The van der Waals surface area contributed by atoms with E-state index in [0.29, 0.717) is 0 Å². The highest BCUT2D eigenvalue weighted by atomic mass is 35.5. The van der Waals surface area contributed by atoms with Crippen LogP contribution in [-0.4, -0.2) is 0 Å². The molecule has 2 aromatic carbocycles. The molecule has 0 nitrogen and oxygen atoms in total. The molecule has 0 N–H and O–H groups in total. The van der Waals surface area contributed by atoms with Gasteiger partial charge in [-0.15, -0.1) is 11.6 Å². The average Bonchev–Trinajstić information content (AvgIpc) is 2.46. The molecule has 0 fully saturated rings. The Kier molecular flexibility index (Phi) is 5.72. The lowest BCUT2D eigenvalue weighted by atomic mass is 9.99. The van der Waals surface area contributed by atoms with Crippen LogP contribution in [0.3, 0.4) is 0 Å². The van der Waals surface area contributed by atoms with E-state index in [1.165, 1.54) is 48.4 Å². The minimum atomic E-state index is 0.146. The fraction of sp³-hybridized carbons (Fsp3) is 0.444. The lowest BCUT2D eigenvalue weighted by molar-refractivity contribution is 0.602. The number of unbranched alkanes of at least 4 members (excludes halogenated alkanes) is 4. The van der Waals surface area contributed by atoms with Gasteiger partial charge in [0.05, 0.1) is 5.38 Å². The second-order valence-corrected chi connectivity index (χ2v) is 5.77. The van der Waals surface area contributed by atoms with Crippen molar-refractivity contribution in [1.29, 1.82) is 0 Å². The van der Waals surface area contributed by atoms with Gasteiger partial charge in [0.2, 0.25) is 0 Å². The number of benzene rings is 2. The summed E-state index contributed by atoms with van der Waals surface area (Å²) in [6.45, 7) is 2.25. The van der Waals surface area contributed by atoms with Crippen molar-refractivity contribution in [1.82, 2.24) is 0 Å². The molecule has 0 heterocycles. The third-order valence-electron chi connectivity index (χ3n) is 3.72. The predicted octanol–water partition coefficient (Wildman–Crippen LogP) is 6.48. The Morgan fingerprint density at radius 2 is 1.63 bits per heavy atom. The van der Waals surface area contributed by atoms with Crippen molar-refractivity contribution in [2.75, 3.05) is 0 Å². The Hall–Kier alpha value is -1.01. The largest absolute Gasteiger partial charge is 0.118 e. The molecule has 0 aromatic heterocycles. The van der Waals surface area contributed by atoms with Gasteiger partial charge in [0.15, 0.2) is 0 Å². The Labute approximate surface area is 121 Å². The second-order valence-electron chi connectivity index (χ2n) is 5.24. The van der Waals surface area contributed by atoms with E-state index in [9.17, 15) is 0 Å².